The Hall–Kier alpha value is -1.28. The number of aryl methyl sites for hydroxylation is 1. The molecule has 1 aromatic rings. The Kier molecular flexibility index (Phi) is 3.30. The van der Waals surface area contributed by atoms with E-state index < -0.39 is 0 Å². The van der Waals surface area contributed by atoms with Gasteiger partial charge in [-0.25, -0.2) is 0 Å². The number of ether oxygens (including phenoxy) is 1. The maximum absolute atomic E-state index is 9.45. The minimum atomic E-state index is -0.382. The van der Waals surface area contributed by atoms with Crippen molar-refractivity contribution in [2.24, 2.45) is 0 Å². The molecule has 0 fully saturated rings. The molecule has 1 unspecified atom stereocenters. The van der Waals surface area contributed by atoms with Gasteiger partial charge in [0, 0.05) is 0 Å². The monoisotopic (exact) mass is 218 g/mol. The van der Waals surface area contributed by atoms with Crippen LogP contribution < -0.4 is 4.74 Å². The average Bonchev–Trinajstić information content (AvgIpc) is 2.28. The van der Waals surface area contributed by atoms with Gasteiger partial charge in [-0.1, -0.05) is 12.1 Å². The number of rotatable bonds is 2. The molecule has 1 aliphatic rings. The second kappa shape index (κ2) is 4.71. The maximum Gasteiger partial charge on any atom is 0.119 e. The predicted octanol–water partition coefficient (Wildman–Crippen LogP) is 2.80. The van der Waals surface area contributed by atoms with E-state index in [1.807, 2.05) is 12.1 Å². The molecule has 0 saturated carbocycles. The van der Waals surface area contributed by atoms with Crippen LogP contribution in [0.15, 0.2) is 24.3 Å². The third kappa shape index (κ3) is 2.27. The van der Waals surface area contributed by atoms with Gasteiger partial charge < -0.3 is 9.84 Å². The van der Waals surface area contributed by atoms with Crippen LogP contribution in [0.5, 0.6) is 5.75 Å². The maximum atomic E-state index is 9.45. The van der Waals surface area contributed by atoms with Gasteiger partial charge in [0.15, 0.2) is 0 Å². The molecular formula is C14H18O2. The summed E-state index contributed by atoms with van der Waals surface area (Å²) in [5.41, 5.74) is 3.85. The summed E-state index contributed by atoms with van der Waals surface area (Å²) in [7, 11) is 1.68. The fraction of sp³-hybridized carbons (Fsp3) is 0.429. The zero-order valence-electron chi connectivity index (χ0n) is 9.86. The highest BCUT2D eigenvalue weighted by Gasteiger charge is 2.15. The Morgan fingerprint density at radius 3 is 2.88 bits per heavy atom. The van der Waals surface area contributed by atoms with E-state index in [9.17, 15) is 5.11 Å². The van der Waals surface area contributed by atoms with E-state index in [1.165, 1.54) is 16.7 Å². The first kappa shape index (κ1) is 11.2. The van der Waals surface area contributed by atoms with E-state index in [2.05, 4.69) is 12.1 Å². The highest BCUT2D eigenvalue weighted by atomic mass is 16.5. The van der Waals surface area contributed by atoms with Crippen molar-refractivity contribution in [2.75, 3.05) is 7.11 Å². The van der Waals surface area contributed by atoms with Crippen LogP contribution in [0.4, 0.5) is 0 Å². The van der Waals surface area contributed by atoms with Crippen molar-refractivity contribution in [3.63, 3.8) is 0 Å². The summed E-state index contributed by atoms with van der Waals surface area (Å²) in [5.74, 6) is 0.886. The van der Waals surface area contributed by atoms with Gasteiger partial charge >= 0.3 is 0 Å². The molecule has 0 spiro atoms. The standard InChI is InChI=1S/C14H18O2/c1-10(15)8-12-5-3-4-11-6-7-13(16-2)9-14(11)12/h6-10,15H,3-5H2,1-2H3/b12-8-. The van der Waals surface area contributed by atoms with Crippen LogP contribution in [-0.4, -0.2) is 18.3 Å². The molecule has 0 saturated heterocycles. The number of aliphatic hydroxyl groups excluding tert-OH is 1. The van der Waals surface area contributed by atoms with Gasteiger partial charge in [0.05, 0.1) is 13.2 Å². The Balaban J connectivity index is 2.43. The van der Waals surface area contributed by atoms with E-state index >= 15 is 0 Å². The summed E-state index contributed by atoms with van der Waals surface area (Å²) in [6.07, 6.45) is 4.89. The third-order valence-corrected chi connectivity index (χ3v) is 3.00. The molecule has 0 aliphatic heterocycles. The van der Waals surface area contributed by atoms with Gasteiger partial charge in [0.1, 0.15) is 5.75 Å². The van der Waals surface area contributed by atoms with Gasteiger partial charge in [0.25, 0.3) is 0 Å². The number of aliphatic hydroxyl groups is 1. The zero-order valence-corrected chi connectivity index (χ0v) is 9.86. The zero-order chi connectivity index (χ0) is 11.5. The van der Waals surface area contributed by atoms with Crippen molar-refractivity contribution in [2.45, 2.75) is 32.3 Å². The van der Waals surface area contributed by atoms with E-state index in [4.69, 9.17) is 4.74 Å². The van der Waals surface area contributed by atoms with Crippen LogP contribution in [0.1, 0.15) is 30.9 Å². The Morgan fingerprint density at radius 1 is 1.38 bits per heavy atom. The van der Waals surface area contributed by atoms with E-state index in [1.54, 1.807) is 14.0 Å². The van der Waals surface area contributed by atoms with E-state index in [0.717, 1.165) is 25.0 Å². The molecule has 86 valence electrons. The summed E-state index contributed by atoms with van der Waals surface area (Å²) >= 11 is 0. The molecule has 0 heterocycles. The quantitative estimate of drug-likeness (QED) is 0.827. The fourth-order valence-corrected chi connectivity index (χ4v) is 2.27. The second-order valence-corrected chi connectivity index (χ2v) is 4.31. The molecule has 0 aromatic heterocycles. The first-order chi connectivity index (χ1) is 7.70. The van der Waals surface area contributed by atoms with Crippen LogP contribution in [0.2, 0.25) is 0 Å². The van der Waals surface area contributed by atoms with Crippen molar-refractivity contribution >= 4 is 5.57 Å². The van der Waals surface area contributed by atoms with E-state index in [0.29, 0.717) is 0 Å². The Labute approximate surface area is 96.6 Å². The summed E-state index contributed by atoms with van der Waals surface area (Å²) in [6, 6.07) is 6.20. The lowest BCUT2D eigenvalue weighted by Gasteiger charge is -2.20. The smallest absolute Gasteiger partial charge is 0.119 e. The fourth-order valence-electron chi connectivity index (χ4n) is 2.27. The third-order valence-electron chi connectivity index (χ3n) is 3.00. The van der Waals surface area contributed by atoms with Crippen LogP contribution >= 0.6 is 0 Å². The van der Waals surface area contributed by atoms with Crippen LogP contribution in [0.3, 0.4) is 0 Å². The second-order valence-electron chi connectivity index (χ2n) is 4.31. The molecule has 2 rings (SSSR count). The normalized spacial score (nSPS) is 19.3. The molecule has 1 atom stereocenters. The molecule has 0 radical (unpaired) electrons. The molecule has 1 aliphatic carbocycles. The number of allylic oxidation sites excluding steroid dienone is 1. The number of hydrogen-bond acceptors (Lipinski definition) is 2. The number of fused-ring (bicyclic) bond motifs is 1. The SMILES string of the molecule is COc1ccc2c(c1)/C(=C\C(C)O)CCC2. The number of benzene rings is 1. The van der Waals surface area contributed by atoms with Crippen LogP contribution in [0.25, 0.3) is 5.57 Å². The number of hydrogen-bond donors (Lipinski definition) is 1. The minimum Gasteiger partial charge on any atom is -0.497 e. The van der Waals surface area contributed by atoms with Gasteiger partial charge in [-0.3, -0.25) is 0 Å². The van der Waals surface area contributed by atoms with Gasteiger partial charge in [-0.05, 0) is 55.0 Å². The highest BCUT2D eigenvalue weighted by molar-refractivity contribution is 5.71. The van der Waals surface area contributed by atoms with Gasteiger partial charge in [0.2, 0.25) is 0 Å². The Morgan fingerprint density at radius 2 is 2.19 bits per heavy atom. The van der Waals surface area contributed by atoms with Crippen molar-refractivity contribution in [3.8, 4) is 5.75 Å². The first-order valence-electron chi connectivity index (χ1n) is 5.77. The molecular weight excluding hydrogens is 200 g/mol. The lowest BCUT2D eigenvalue weighted by Crippen LogP contribution is -2.05. The summed E-state index contributed by atoms with van der Waals surface area (Å²) in [5, 5.41) is 9.45. The van der Waals surface area contributed by atoms with Gasteiger partial charge in [-0.15, -0.1) is 0 Å². The number of methoxy groups -OCH3 is 1. The lowest BCUT2D eigenvalue weighted by atomic mass is 9.86. The Bertz CT molecular complexity index is 405. The van der Waals surface area contributed by atoms with E-state index in [-0.39, 0.29) is 6.10 Å². The molecule has 16 heavy (non-hydrogen) atoms. The minimum absolute atomic E-state index is 0.382. The average molecular weight is 218 g/mol. The summed E-state index contributed by atoms with van der Waals surface area (Å²) in [6.45, 7) is 1.79. The van der Waals surface area contributed by atoms with Crippen LogP contribution in [-0.2, 0) is 6.42 Å². The lowest BCUT2D eigenvalue weighted by molar-refractivity contribution is 0.244. The predicted molar refractivity (Wildman–Crippen MR) is 65.6 cm³/mol. The van der Waals surface area contributed by atoms with Gasteiger partial charge in [-0.2, -0.15) is 0 Å². The molecule has 1 aromatic carbocycles. The van der Waals surface area contributed by atoms with Crippen molar-refractivity contribution in [3.05, 3.63) is 35.4 Å². The van der Waals surface area contributed by atoms with Crippen molar-refractivity contribution in [1.82, 2.24) is 0 Å². The molecule has 0 amide bonds. The summed E-state index contributed by atoms with van der Waals surface area (Å²) < 4.78 is 5.24. The highest BCUT2D eigenvalue weighted by Crippen LogP contribution is 2.33. The largest absolute Gasteiger partial charge is 0.497 e. The molecule has 2 heteroatoms. The molecule has 2 nitrogen and oxygen atoms in total. The van der Waals surface area contributed by atoms with Crippen molar-refractivity contribution < 1.29 is 9.84 Å². The molecule has 1 N–H and O–H groups in total. The van der Waals surface area contributed by atoms with Crippen LogP contribution in [0, 0.1) is 0 Å². The first-order valence-corrected chi connectivity index (χ1v) is 5.77. The van der Waals surface area contributed by atoms with Crippen molar-refractivity contribution in [1.29, 1.82) is 0 Å². The molecule has 0 bridgehead atoms. The summed E-state index contributed by atoms with van der Waals surface area (Å²) in [4.78, 5) is 0. The topological polar surface area (TPSA) is 29.5 Å².